The quantitative estimate of drug-likeness (QED) is 0.788. The third-order valence-corrected chi connectivity index (χ3v) is 4.70. The molecule has 20 heavy (non-hydrogen) atoms. The van der Waals surface area contributed by atoms with Crippen molar-refractivity contribution in [2.75, 3.05) is 14.2 Å². The summed E-state index contributed by atoms with van der Waals surface area (Å²) in [5.74, 6) is 1.71. The highest BCUT2D eigenvalue weighted by Crippen LogP contribution is 2.42. The fraction of sp³-hybridized carbons (Fsp3) is 0.294. The molecule has 0 aliphatic carbocycles. The molecule has 1 aromatic carbocycles. The average molecular weight is 288 g/mol. The molecule has 2 aromatic rings. The van der Waals surface area contributed by atoms with Crippen molar-refractivity contribution in [3.8, 4) is 21.9 Å². The van der Waals surface area contributed by atoms with Crippen LogP contribution in [-0.4, -0.2) is 14.2 Å². The Morgan fingerprint density at radius 2 is 1.55 bits per heavy atom. The summed E-state index contributed by atoms with van der Waals surface area (Å²) in [7, 11) is 3.38. The summed E-state index contributed by atoms with van der Waals surface area (Å²) < 4.78 is 10.9. The summed E-state index contributed by atoms with van der Waals surface area (Å²) in [4.78, 5) is 2.50. The van der Waals surface area contributed by atoms with Crippen molar-refractivity contribution >= 4 is 17.4 Å². The zero-order valence-electron chi connectivity index (χ0n) is 12.7. The Morgan fingerprint density at radius 3 is 1.95 bits per heavy atom. The molecule has 0 amide bonds. The average Bonchev–Trinajstić information content (AvgIpc) is 2.80. The van der Waals surface area contributed by atoms with Gasteiger partial charge in [0.1, 0.15) is 11.5 Å². The van der Waals surface area contributed by atoms with Crippen LogP contribution < -0.4 is 9.47 Å². The van der Waals surface area contributed by atoms with Gasteiger partial charge in [0.25, 0.3) is 0 Å². The molecule has 0 aliphatic rings. The predicted molar refractivity (Wildman–Crippen MR) is 87.2 cm³/mol. The first-order chi connectivity index (χ1) is 9.53. The highest BCUT2D eigenvalue weighted by Gasteiger charge is 2.17. The molecule has 0 fully saturated rings. The summed E-state index contributed by atoms with van der Waals surface area (Å²) in [6, 6.07) is 4.13. The fourth-order valence-corrected chi connectivity index (χ4v) is 3.66. The van der Waals surface area contributed by atoms with Gasteiger partial charge in [0, 0.05) is 32.5 Å². The van der Waals surface area contributed by atoms with Crippen LogP contribution in [0.3, 0.4) is 0 Å². The number of benzene rings is 1. The zero-order chi connectivity index (χ0) is 14.9. The van der Waals surface area contributed by atoms with E-state index in [4.69, 9.17) is 9.47 Å². The lowest BCUT2D eigenvalue weighted by atomic mass is 9.99. The van der Waals surface area contributed by atoms with Gasteiger partial charge in [-0.1, -0.05) is 12.7 Å². The molecular formula is C17H20O2S. The Balaban J connectivity index is 2.73. The number of hydrogen-bond donors (Lipinski definition) is 0. The topological polar surface area (TPSA) is 18.5 Å². The number of rotatable bonds is 4. The van der Waals surface area contributed by atoms with E-state index < -0.39 is 0 Å². The van der Waals surface area contributed by atoms with Crippen molar-refractivity contribution in [1.29, 1.82) is 0 Å². The Bertz CT molecular complexity index is 625. The minimum Gasteiger partial charge on any atom is -0.496 e. The lowest BCUT2D eigenvalue weighted by Crippen LogP contribution is -1.96. The van der Waals surface area contributed by atoms with Crippen molar-refractivity contribution in [2.45, 2.75) is 20.8 Å². The van der Waals surface area contributed by atoms with E-state index in [0.29, 0.717) is 0 Å². The largest absolute Gasteiger partial charge is 0.496 e. The third kappa shape index (κ3) is 2.34. The van der Waals surface area contributed by atoms with Gasteiger partial charge in [-0.05, 0) is 32.4 Å². The van der Waals surface area contributed by atoms with Crippen LogP contribution in [0.25, 0.3) is 16.5 Å². The maximum atomic E-state index is 5.47. The minimum absolute atomic E-state index is 0.855. The molecule has 1 heterocycles. The standard InChI is InChI=1S/C17H20O2S/c1-7-13-8-16(20-12(13)4)17-10(2)14(18-5)9-15(19-6)11(17)3/h7-9H,1H2,2-6H3. The first kappa shape index (κ1) is 14.7. The van der Waals surface area contributed by atoms with Crippen molar-refractivity contribution in [1.82, 2.24) is 0 Å². The monoisotopic (exact) mass is 288 g/mol. The van der Waals surface area contributed by atoms with Crippen LogP contribution in [0, 0.1) is 20.8 Å². The van der Waals surface area contributed by atoms with E-state index in [2.05, 4.69) is 33.4 Å². The number of thiophene rings is 1. The van der Waals surface area contributed by atoms with E-state index in [0.717, 1.165) is 22.6 Å². The van der Waals surface area contributed by atoms with Crippen molar-refractivity contribution in [3.63, 3.8) is 0 Å². The summed E-state index contributed by atoms with van der Waals surface area (Å²) in [6.45, 7) is 10.2. The number of hydrogen-bond acceptors (Lipinski definition) is 3. The molecule has 1 aromatic heterocycles. The van der Waals surface area contributed by atoms with Crippen molar-refractivity contribution < 1.29 is 9.47 Å². The molecule has 0 atom stereocenters. The van der Waals surface area contributed by atoms with E-state index in [9.17, 15) is 0 Å². The van der Waals surface area contributed by atoms with Crippen LogP contribution in [0.5, 0.6) is 11.5 Å². The van der Waals surface area contributed by atoms with Gasteiger partial charge in [-0.25, -0.2) is 0 Å². The van der Waals surface area contributed by atoms with E-state index in [1.165, 1.54) is 20.9 Å². The minimum atomic E-state index is 0.855. The van der Waals surface area contributed by atoms with Gasteiger partial charge in [-0.2, -0.15) is 0 Å². The Kier molecular flexibility index (Phi) is 4.19. The highest BCUT2D eigenvalue weighted by atomic mass is 32.1. The van der Waals surface area contributed by atoms with E-state index in [-0.39, 0.29) is 0 Å². The first-order valence-corrected chi connectivity index (χ1v) is 7.30. The molecule has 0 spiro atoms. The summed E-state index contributed by atoms with van der Waals surface area (Å²) >= 11 is 1.78. The number of ether oxygens (including phenoxy) is 2. The van der Waals surface area contributed by atoms with Gasteiger partial charge in [0.05, 0.1) is 14.2 Å². The number of methoxy groups -OCH3 is 2. The summed E-state index contributed by atoms with van der Waals surface area (Å²) in [6.07, 6.45) is 1.90. The summed E-state index contributed by atoms with van der Waals surface area (Å²) in [5.41, 5.74) is 4.67. The van der Waals surface area contributed by atoms with Gasteiger partial charge in [0.15, 0.2) is 0 Å². The Morgan fingerprint density at radius 1 is 1.00 bits per heavy atom. The molecule has 2 rings (SSSR count). The molecular weight excluding hydrogens is 268 g/mol. The second kappa shape index (κ2) is 5.71. The molecule has 3 heteroatoms. The van der Waals surface area contributed by atoms with Gasteiger partial charge in [-0.15, -0.1) is 11.3 Å². The molecule has 0 bridgehead atoms. The van der Waals surface area contributed by atoms with Gasteiger partial charge in [0.2, 0.25) is 0 Å². The highest BCUT2D eigenvalue weighted by molar-refractivity contribution is 7.15. The Hall–Kier alpha value is -1.74. The smallest absolute Gasteiger partial charge is 0.126 e. The van der Waals surface area contributed by atoms with Crippen LogP contribution in [0.1, 0.15) is 21.6 Å². The number of aryl methyl sites for hydroxylation is 1. The SMILES string of the molecule is C=Cc1cc(-c2c(C)c(OC)cc(OC)c2C)sc1C. The van der Waals surface area contributed by atoms with Gasteiger partial charge < -0.3 is 9.47 Å². The van der Waals surface area contributed by atoms with Crippen molar-refractivity contribution in [3.05, 3.63) is 40.3 Å². The van der Waals surface area contributed by atoms with Crippen LogP contribution in [0.15, 0.2) is 18.7 Å². The molecule has 106 valence electrons. The molecule has 0 unspecified atom stereocenters. The van der Waals surface area contributed by atoms with Crippen molar-refractivity contribution in [2.24, 2.45) is 0 Å². The molecule has 0 N–H and O–H groups in total. The molecule has 2 nitrogen and oxygen atoms in total. The normalized spacial score (nSPS) is 10.4. The zero-order valence-corrected chi connectivity index (χ0v) is 13.5. The lowest BCUT2D eigenvalue weighted by molar-refractivity contribution is 0.391. The van der Waals surface area contributed by atoms with Gasteiger partial charge >= 0.3 is 0 Å². The third-order valence-electron chi connectivity index (χ3n) is 3.61. The van der Waals surface area contributed by atoms with Crippen LogP contribution in [0.4, 0.5) is 0 Å². The maximum absolute atomic E-state index is 5.47. The van der Waals surface area contributed by atoms with E-state index in [1.54, 1.807) is 25.6 Å². The molecule has 0 aliphatic heterocycles. The second-order valence-corrected chi connectivity index (χ2v) is 5.99. The fourth-order valence-electron chi connectivity index (χ4n) is 2.48. The predicted octanol–water partition coefficient (Wildman–Crippen LogP) is 5.00. The van der Waals surface area contributed by atoms with Crippen LogP contribution in [-0.2, 0) is 0 Å². The Labute approximate surface area is 124 Å². The molecule has 0 saturated heterocycles. The van der Waals surface area contributed by atoms with Crippen LogP contribution in [0.2, 0.25) is 0 Å². The lowest BCUT2D eigenvalue weighted by Gasteiger charge is -2.16. The first-order valence-electron chi connectivity index (χ1n) is 6.48. The van der Waals surface area contributed by atoms with Gasteiger partial charge in [-0.3, -0.25) is 0 Å². The second-order valence-electron chi connectivity index (χ2n) is 4.73. The van der Waals surface area contributed by atoms with E-state index >= 15 is 0 Å². The van der Waals surface area contributed by atoms with E-state index in [1.807, 2.05) is 12.1 Å². The maximum Gasteiger partial charge on any atom is 0.126 e. The summed E-state index contributed by atoms with van der Waals surface area (Å²) in [5, 5.41) is 0. The van der Waals surface area contributed by atoms with Crippen LogP contribution >= 0.6 is 11.3 Å². The molecule has 0 saturated carbocycles. The molecule has 0 radical (unpaired) electrons.